The van der Waals surface area contributed by atoms with Crippen molar-refractivity contribution in [2.24, 2.45) is 5.41 Å². The van der Waals surface area contributed by atoms with Crippen LogP contribution in [0.2, 0.25) is 0 Å². The lowest BCUT2D eigenvalue weighted by Gasteiger charge is -2.26. The molecule has 0 aliphatic carbocycles. The predicted octanol–water partition coefficient (Wildman–Crippen LogP) is 4.02. The van der Waals surface area contributed by atoms with Crippen LogP contribution in [-0.4, -0.2) is 30.5 Å². The van der Waals surface area contributed by atoms with E-state index in [1.54, 1.807) is 19.9 Å². The summed E-state index contributed by atoms with van der Waals surface area (Å²) in [5.74, 6) is 4.86. The Bertz CT molecular complexity index is 428. The first-order valence-corrected chi connectivity index (χ1v) is 9.22. The highest BCUT2D eigenvalue weighted by Crippen LogP contribution is 2.31. The number of unbranched alkanes of at least 4 members (excludes halogenated alkanes) is 2. The van der Waals surface area contributed by atoms with E-state index in [-0.39, 0.29) is 26.1 Å². The number of hydrogen-bond acceptors (Lipinski definition) is 4. The minimum Gasteiger partial charge on any atom is -0.465 e. The first-order chi connectivity index (χ1) is 11.1. The molecule has 0 fully saturated rings. The van der Waals surface area contributed by atoms with Gasteiger partial charge in [0.25, 0.3) is 0 Å². The molecule has 0 atom stereocenters. The number of halogens is 1. The molecule has 0 spiro atoms. The van der Waals surface area contributed by atoms with Crippen LogP contribution in [0.15, 0.2) is 12.2 Å². The van der Waals surface area contributed by atoms with Crippen molar-refractivity contribution < 1.29 is 19.1 Å². The third kappa shape index (κ3) is 7.69. The third-order valence-electron chi connectivity index (χ3n) is 3.22. The van der Waals surface area contributed by atoms with E-state index in [1.807, 2.05) is 6.08 Å². The summed E-state index contributed by atoms with van der Waals surface area (Å²) >= 11 is 3.29. The fraction of sp³-hybridized carbons (Fsp3) is 0.667. The molecule has 0 aromatic carbocycles. The first kappa shape index (κ1) is 21.7. The maximum absolute atomic E-state index is 12.5. The molecular weight excluding hydrogens is 360 g/mol. The van der Waals surface area contributed by atoms with Crippen molar-refractivity contribution >= 4 is 27.9 Å². The summed E-state index contributed by atoms with van der Waals surface area (Å²) in [6.07, 6.45) is 6.79. The maximum atomic E-state index is 12.5. The number of esters is 2. The van der Waals surface area contributed by atoms with Crippen LogP contribution in [0.4, 0.5) is 0 Å². The lowest BCUT2D eigenvalue weighted by molar-refractivity contribution is -0.171. The molecule has 0 rings (SSSR count). The smallest absolute Gasteiger partial charge is 0.324 e. The summed E-state index contributed by atoms with van der Waals surface area (Å²) in [6, 6.07) is 0. The monoisotopic (exact) mass is 386 g/mol. The highest BCUT2D eigenvalue weighted by molar-refractivity contribution is 9.09. The zero-order valence-corrected chi connectivity index (χ0v) is 15.9. The summed E-state index contributed by atoms with van der Waals surface area (Å²) in [6.45, 7) is 5.95. The van der Waals surface area contributed by atoms with Gasteiger partial charge in [-0.15, -0.1) is 11.8 Å². The summed E-state index contributed by atoms with van der Waals surface area (Å²) in [7, 11) is 0. The van der Waals surface area contributed by atoms with Crippen LogP contribution in [0.1, 0.15) is 52.9 Å². The topological polar surface area (TPSA) is 52.6 Å². The lowest BCUT2D eigenvalue weighted by Crippen LogP contribution is -2.41. The molecule has 0 radical (unpaired) electrons. The van der Waals surface area contributed by atoms with Gasteiger partial charge in [0.05, 0.1) is 13.2 Å². The van der Waals surface area contributed by atoms with Crippen molar-refractivity contribution in [2.45, 2.75) is 52.9 Å². The molecule has 23 heavy (non-hydrogen) atoms. The van der Waals surface area contributed by atoms with E-state index in [9.17, 15) is 9.59 Å². The van der Waals surface area contributed by atoms with Crippen molar-refractivity contribution in [3.05, 3.63) is 12.2 Å². The number of allylic oxidation sites excluding steroid dienone is 2. The minimum absolute atomic E-state index is 0.112. The quantitative estimate of drug-likeness (QED) is 0.142. The molecule has 0 aliphatic rings. The molecule has 0 aromatic heterocycles. The second kappa shape index (κ2) is 13.2. The SMILES string of the molecule is CCCCC#CCC(C/C=C/CBr)(C(=O)OCC)C(=O)OCC. The third-order valence-corrected chi connectivity index (χ3v) is 3.60. The van der Waals surface area contributed by atoms with Crippen LogP contribution in [0.25, 0.3) is 0 Å². The Morgan fingerprint density at radius 3 is 2.13 bits per heavy atom. The zero-order valence-electron chi connectivity index (χ0n) is 14.3. The van der Waals surface area contributed by atoms with Gasteiger partial charge in [-0.3, -0.25) is 9.59 Å². The van der Waals surface area contributed by atoms with Gasteiger partial charge in [-0.2, -0.15) is 0 Å². The van der Waals surface area contributed by atoms with E-state index in [4.69, 9.17) is 9.47 Å². The van der Waals surface area contributed by atoms with Crippen LogP contribution in [-0.2, 0) is 19.1 Å². The molecule has 4 nitrogen and oxygen atoms in total. The van der Waals surface area contributed by atoms with E-state index >= 15 is 0 Å². The molecule has 0 saturated heterocycles. The Morgan fingerprint density at radius 2 is 1.65 bits per heavy atom. The highest BCUT2D eigenvalue weighted by Gasteiger charge is 2.47. The van der Waals surface area contributed by atoms with Crippen LogP contribution in [0.3, 0.4) is 0 Å². The second-order valence-corrected chi connectivity index (χ2v) is 5.63. The van der Waals surface area contributed by atoms with Gasteiger partial charge in [0, 0.05) is 18.2 Å². The van der Waals surface area contributed by atoms with Crippen LogP contribution in [0.5, 0.6) is 0 Å². The zero-order chi connectivity index (χ0) is 17.6. The number of alkyl halides is 1. The molecule has 0 amide bonds. The normalized spacial score (nSPS) is 11.0. The summed E-state index contributed by atoms with van der Waals surface area (Å²) in [5.41, 5.74) is -1.39. The van der Waals surface area contributed by atoms with Gasteiger partial charge in [0.2, 0.25) is 0 Å². The maximum Gasteiger partial charge on any atom is 0.324 e. The number of ether oxygens (including phenoxy) is 2. The van der Waals surface area contributed by atoms with E-state index < -0.39 is 17.4 Å². The average molecular weight is 387 g/mol. The molecular formula is C18H27BrO4. The number of carbonyl (C=O) groups is 2. The fourth-order valence-corrected chi connectivity index (χ4v) is 2.18. The second-order valence-electron chi connectivity index (χ2n) is 4.99. The minimum atomic E-state index is -1.39. The van der Waals surface area contributed by atoms with Gasteiger partial charge >= 0.3 is 11.9 Å². The molecule has 0 aromatic rings. The predicted molar refractivity (Wildman–Crippen MR) is 95.2 cm³/mol. The Balaban J connectivity index is 5.42. The summed E-state index contributed by atoms with van der Waals surface area (Å²) in [4.78, 5) is 24.9. The number of carbonyl (C=O) groups excluding carboxylic acids is 2. The van der Waals surface area contributed by atoms with Crippen molar-refractivity contribution in [1.82, 2.24) is 0 Å². The van der Waals surface area contributed by atoms with E-state index in [0.29, 0.717) is 5.33 Å². The van der Waals surface area contributed by atoms with Gasteiger partial charge < -0.3 is 9.47 Å². The van der Waals surface area contributed by atoms with Crippen LogP contribution >= 0.6 is 15.9 Å². The molecule has 0 bridgehead atoms. The molecule has 130 valence electrons. The molecule has 0 N–H and O–H groups in total. The molecule has 0 aliphatic heterocycles. The summed E-state index contributed by atoms with van der Waals surface area (Å²) in [5, 5.41) is 0.650. The first-order valence-electron chi connectivity index (χ1n) is 8.10. The van der Waals surface area contributed by atoms with E-state index in [0.717, 1.165) is 19.3 Å². The summed E-state index contributed by atoms with van der Waals surface area (Å²) < 4.78 is 10.3. The molecule has 0 saturated carbocycles. The fourth-order valence-electron chi connectivity index (χ4n) is 1.92. The van der Waals surface area contributed by atoms with Crippen molar-refractivity contribution in [3.63, 3.8) is 0 Å². The number of rotatable bonds is 10. The average Bonchev–Trinajstić information content (AvgIpc) is 2.53. The molecule has 0 heterocycles. The Morgan fingerprint density at radius 1 is 1.04 bits per heavy atom. The van der Waals surface area contributed by atoms with Gasteiger partial charge in [0.15, 0.2) is 5.41 Å². The van der Waals surface area contributed by atoms with E-state index in [1.165, 1.54) is 0 Å². The van der Waals surface area contributed by atoms with Crippen molar-refractivity contribution in [2.75, 3.05) is 18.5 Å². The Hall–Kier alpha value is -1.28. The number of hydrogen-bond donors (Lipinski definition) is 0. The van der Waals surface area contributed by atoms with Gasteiger partial charge in [-0.05, 0) is 26.7 Å². The molecule has 0 unspecified atom stereocenters. The lowest BCUT2D eigenvalue weighted by atomic mass is 9.81. The van der Waals surface area contributed by atoms with Gasteiger partial charge in [0.1, 0.15) is 0 Å². The Labute approximate surface area is 148 Å². The van der Waals surface area contributed by atoms with Crippen LogP contribution in [0, 0.1) is 17.3 Å². The van der Waals surface area contributed by atoms with Crippen molar-refractivity contribution in [1.29, 1.82) is 0 Å². The van der Waals surface area contributed by atoms with Crippen LogP contribution < -0.4 is 0 Å². The van der Waals surface area contributed by atoms with Gasteiger partial charge in [-0.25, -0.2) is 0 Å². The highest BCUT2D eigenvalue weighted by atomic mass is 79.9. The molecule has 5 heteroatoms. The largest absolute Gasteiger partial charge is 0.465 e. The Kier molecular flexibility index (Phi) is 12.5. The van der Waals surface area contributed by atoms with E-state index in [2.05, 4.69) is 34.7 Å². The van der Waals surface area contributed by atoms with Crippen molar-refractivity contribution in [3.8, 4) is 11.8 Å². The standard InChI is InChI=1S/C18H27BrO4/c1-4-7-8-9-10-13-18(14-11-12-15-19,16(20)22-5-2)17(21)23-6-3/h11-12H,4-8,13-15H2,1-3H3/b12-11+. The van der Waals surface area contributed by atoms with Gasteiger partial charge in [-0.1, -0.05) is 41.4 Å².